The molecule has 1 aliphatic rings. The second-order valence-corrected chi connectivity index (χ2v) is 7.81. The van der Waals surface area contributed by atoms with Crippen LogP contribution < -0.4 is 5.56 Å². The topological polar surface area (TPSA) is 68.0 Å². The molecule has 0 aliphatic heterocycles. The van der Waals surface area contributed by atoms with Gasteiger partial charge in [0.25, 0.3) is 5.56 Å². The molecule has 3 rings (SSSR count). The average molecular weight is 343 g/mol. The maximum Gasteiger partial charge on any atom is 0.252 e. The Morgan fingerprint density at radius 2 is 2.00 bits per heavy atom. The Hall–Kier alpha value is -1.75. The number of fused-ring (bicyclic) bond motifs is 1. The summed E-state index contributed by atoms with van der Waals surface area (Å²) in [6.45, 7) is 4.89. The summed E-state index contributed by atoms with van der Waals surface area (Å²) in [6, 6.07) is 3.41. The Labute approximate surface area is 149 Å². The summed E-state index contributed by atoms with van der Waals surface area (Å²) in [5.41, 5.74) is 0.763. The van der Waals surface area contributed by atoms with E-state index in [1.54, 1.807) is 10.6 Å². The van der Waals surface area contributed by atoms with Gasteiger partial charge in [0.2, 0.25) is 0 Å². The fraction of sp³-hybridized carbons (Fsp3) is 0.650. The first-order valence-electron chi connectivity index (χ1n) is 9.56. The normalized spacial score (nSPS) is 21.1. The summed E-state index contributed by atoms with van der Waals surface area (Å²) in [7, 11) is 0. The number of aliphatic hydroxyl groups excluding tert-OH is 1. The lowest BCUT2D eigenvalue weighted by atomic mass is 9.84. The van der Waals surface area contributed by atoms with Crippen molar-refractivity contribution in [1.29, 1.82) is 0 Å². The second-order valence-electron chi connectivity index (χ2n) is 7.81. The van der Waals surface area contributed by atoms with Crippen molar-refractivity contribution in [2.45, 2.75) is 71.4 Å². The summed E-state index contributed by atoms with van der Waals surface area (Å²) in [5.74, 6) is 1.94. The van der Waals surface area contributed by atoms with Gasteiger partial charge in [-0.25, -0.2) is 9.97 Å². The molecule has 0 saturated heterocycles. The molecule has 2 aromatic rings. The van der Waals surface area contributed by atoms with Crippen LogP contribution >= 0.6 is 0 Å². The van der Waals surface area contributed by atoms with Gasteiger partial charge in [0.05, 0.1) is 6.10 Å². The second kappa shape index (κ2) is 8.09. The number of hydrogen-bond acceptors (Lipinski definition) is 4. The Bertz CT molecular complexity index is 761. The molecule has 1 N–H and O–H groups in total. The molecule has 0 spiro atoms. The molecule has 5 heteroatoms. The molecule has 5 nitrogen and oxygen atoms in total. The van der Waals surface area contributed by atoms with E-state index in [1.807, 2.05) is 12.3 Å². The Balaban J connectivity index is 1.69. The summed E-state index contributed by atoms with van der Waals surface area (Å²) in [6.07, 6.45) is 8.98. The van der Waals surface area contributed by atoms with Gasteiger partial charge in [-0.2, -0.15) is 0 Å². The standard InChI is InChI=1S/C20H29N3O2/c1-14(2)13-23-19(25)11-8-16-12-21-18(22-20(16)23)5-3-4-15-6-9-17(24)10-7-15/h8,11-12,14-15,17,24H,3-7,9-10,13H2,1-2H3. The summed E-state index contributed by atoms with van der Waals surface area (Å²) in [4.78, 5) is 21.4. The van der Waals surface area contributed by atoms with E-state index in [-0.39, 0.29) is 11.7 Å². The maximum absolute atomic E-state index is 12.2. The minimum Gasteiger partial charge on any atom is -0.393 e. The van der Waals surface area contributed by atoms with Crippen molar-refractivity contribution in [2.75, 3.05) is 0 Å². The molecule has 1 aliphatic carbocycles. The van der Waals surface area contributed by atoms with E-state index in [0.717, 1.165) is 61.3 Å². The quantitative estimate of drug-likeness (QED) is 0.873. The number of hydrogen-bond donors (Lipinski definition) is 1. The van der Waals surface area contributed by atoms with E-state index < -0.39 is 0 Å². The van der Waals surface area contributed by atoms with Crippen LogP contribution in [0.4, 0.5) is 0 Å². The van der Waals surface area contributed by atoms with Gasteiger partial charge in [-0.05, 0) is 50.0 Å². The van der Waals surface area contributed by atoms with Crippen molar-refractivity contribution in [3.8, 4) is 0 Å². The summed E-state index contributed by atoms with van der Waals surface area (Å²) >= 11 is 0. The van der Waals surface area contributed by atoms with E-state index in [4.69, 9.17) is 4.98 Å². The fourth-order valence-corrected chi connectivity index (χ4v) is 3.75. The van der Waals surface area contributed by atoms with Crippen LogP contribution in [0, 0.1) is 11.8 Å². The highest BCUT2D eigenvalue weighted by atomic mass is 16.3. The predicted molar refractivity (Wildman–Crippen MR) is 99.5 cm³/mol. The first-order valence-corrected chi connectivity index (χ1v) is 9.56. The first-order chi connectivity index (χ1) is 12.0. The number of pyridine rings is 1. The van der Waals surface area contributed by atoms with Crippen molar-refractivity contribution in [1.82, 2.24) is 14.5 Å². The van der Waals surface area contributed by atoms with Crippen LogP contribution in [0.1, 0.15) is 58.2 Å². The van der Waals surface area contributed by atoms with Gasteiger partial charge in [0.1, 0.15) is 11.5 Å². The average Bonchev–Trinajstić information content (AvgIpc) is 2.59. The van der Waals surface area contributed by atoms with Crippen LogP contribution in [0.5, 0.6) is 0 Å². The highest BCUT2D eigenvalue weighted by molar-refractivity contribution is 5.73. The zero-order chi connectivity index (χ0) is 17.8. The maximum atomic E-state index is 12.2. The van der Waals surface area contributed by atoms with Crippen molar-refractivity contribution in [2.24, 2.45) is 11.8 Å². The van der Waals surface area contributed by atoms with Crippen LogP contribution in [0.2, 0.25) is 0 Å². The van der Waals surface area contributed by atoms with Gasteiger partial charge in [0.15, 0.2) is 0 Å². The SMILES string of the molecule is CC(C)Cn1c(=O)ccc2cnc(CCCC3CCC(O)CC3)nc21. The predicted octanol–water partition coefficient (Wildman–Crippen LogP) is 3.32. The lowest BCUT2D eigenvalue weighted by Crippen LogP contribution is -2.23. The van der Waals surface area contributed by atoms with Gasteiger partial charge >= 0.3 is 0 Å². The molecule has 0 unspecified atom stereocenters. The van der Waals surface area contributed by atoms with Gasteiger partial charge in [-0.15, -0.1) is 0 Å². The number of rotatable bonds is 6. The highest BCUT2D eigenvalue weighted by Gasteiger charge is 2.19. The Morgan fingerprint density at radius 3 is 2.72 bits per heavy atom. The van der Waals surface area contributed by atoms with Gasteiger partial charge in [-0.1, -0.05) is 20.3 Å². The Morgan fingerprint density at radius 1 is 1.24 bits per heavy atom. The molecule has 0 bridgehead atoms. The first kappa shape index (κ1) is 18.1. The van der Waals surface area contributed by atoms with Crippen LogP contribution in [-0.2, 0) is 13.0 Å². The molecular formula is C20H29N3O2. The van der Waals surface area contributed by atoms with E-state index in [1.165, 1.54) is 6.42 Å². The van der Waals surface area contributed by atoms with Crippen LogP contribution in [0.3, 0.4) is 0 Å². The summed E-state index contributed by atoms with van der Waals surface area (Å²) < 4.78 is 1.77. The van der Waals surface area contributed by atoms with Crippen LogP contribution in [0.15, 0.2) is 23.1 Å². The van der Waals surface area contributed by atoms with Gasteiger partial charge < -0.3 is 5.11 Å². The van der Waals surface area contributed by atoms with Gasteiger partial charge in [0, 0.05) is 30.6 Å². The molecule has 1 saturated carbocycles. The fourth-order valence-electron chi connectivity index (χ4n) is 3.75. The highest BCUT2D eigenvalue weighted by Crippen LogP contribution is 2.28. The molecule has 2 heterocycles. The lowest BCUT2D eigenvalue weighted by Gasteiger charge is -2.25. The van der Waals surface area contributed by atoms with E-state index in [9.17, 15) is 9.90 Å². The number of nitrogens with zero attached hydrogens (tertiary/aromatic N) is 3. The smallest absolute Gasteiger partial charge is 0.252 e. The van der Waals surface area contributed by atoms with E-state index in [0.29, 0.717) is 12.5 Å². The minimum absolute atomic E-state index is 0.00612. The van der Waals surface area contributed by atoms with E-state index in [2.05, 4.69) is 18.8 Å². The third kappa shape index (κ3) is 4.66. The molecule has 2 aromatic heterocycles. The van der Waals surface area contributed by atoms with Crippen molar-refractivity contribution < 1.29 is 5.11 Å². The molecule has 0 aromatic carbocycles. The van der Waals surface area contributed by atoms with Crippen LogP contribution in [-0.4, -0.2) is 25.7 Å². The zero-order valence-electron chi connectivity index (χ0n) is 15.3. The third-order valence-electron chi connectivity index (χ3n) is 5.15. The number of aromatic nitrogens is 3. The number of aliphatic hydroxyl groups is 1. The molecule has 1 fully saturated rings. The largest absolute Gasteiger partial charge is 0.393 e. The monoisotopic (exact) mass is 343 g/mol. The molecule has 25 heavy (non-hydrogen) atoms. The molecule has 136 valence electrons. The van der Waals surface area contributed by atoms with Crippen molar-refractivity contribution in [3.63, 3.8) is 0 Å². The van der Waals surface area contributed by atoms with Gasteiger partial charge in [-0.3, -0.25) is 9.36 Å². The molecule has 0 amide bonds. The van der Waals surface area contributed by atoms with Crippen molar-refractivity contribution >= 4 is 11.0 Å². The zero-order valence-corrected chi connectivity index (χ0v) is 15.3. The lowest BCUT2D eigenvalue weighted by molar-refractivity contribution is 0.106. The third-order valence-corrected chi connectivity index (χ3v) is 5.15. The molecule has 0 atom stereocenters. The van der Waals surface area contributed by atoms with E-state index >= 15 is 0 Å². The Kier molecular flexibility index (Phi) is 5.84. The number of aryl methyl sites for hydroxylation is 1. The van der Waals surface area contributed by atoms with Crippen molar-refractivity contribution in [3.05, 3.63) is 34.5 Å². The minimum atomic E-state index is -0.0854. The van der Waals surface area contributed by atoms with Crippen LogP contribution in [0.25, 0.3) is 11.0 Å². The molecular weight excluding hydrogens is 314 g/mol. The molecule has 0 radical (unpaired) electrons. The summed E-state index contributed by atoms with van der Waals surface area (Å²) in [5, 5.41) is 10.5.